The topological polar surface area (TPSA) is 84.2 Å². The van der Waals surface area contributed by atoms with Crippen molar-refractivity contribution < 1.29 is 22.3 Å². The van der Waals surface area contributed by atoms with Crippen molar-refractivity contribution in [2.45, 2.75) is 31.0 Å². The van der Waals surface area contributed by atoms with Gasteiger partial charge in [0.15, 0.2) is 16.7 Å². The monoisotopic (exact) mass is 345 g/mol. The lowest BCUT2D eigenvalue weighted by molar-refractivity contribution is 0.146. The largest absolute Gasteiger partial charge is 0.387 e. The number of hydrogen-bond acceptors (Lipinski definition) is 4. The summed E-state index contributed by atoms with van der Waals surface area (Å²) < 4.78 is 54.4. The molecule has 0 bridgehead atoms. The molecule has 0 fully saturated rings. The zero-order chi connectivity index (χ0) is 17.4. The van der Waals surface area contributed by atoms with E-state index in [1.54, 1.807) is 18.5 Å². The number of imidazole rings is 1. The highest BCUT2D eigenvalue weighted by Crippen LogP contribution is 2.20. The Morgan fingerprint density at radius 1 is 1.30 bits per heavy atom. The number of aliphatic hydroxyl groups is 1. The molecule has 1 aromatic heterocycles. The van der Waals surface area contributed by atoms with E-state index in [4.69, 9.17) is 0 Å². The Morgan fingerprint density at radius 3 is 2.48 bits per heavy atom. The van der Waals surface area contributed by atoms with E-state index in [1.807, 2.05) is 0 Å². The van der Waals surface area contributed by atoms with Crippen molar-refractivity contribution in [3.63, 3.8) is 0 Å². The first-order valence-corrected chi connectivity index (χ1v) is 8.25. The number of benzene rings is 1. The summed E-state index contributed by atoms with van der Waals surface area (Å²) in [6, 6.07) is 1.93. The third kappa shape index (κ3) is 3.74. The minimum Gasteiger partial charge on any atom is -0.387 e. The van der Waals surface area contributed by atoms with Crippen LogP contribution >= 0.6 is 0 Å². The number of nitrogens with zero attached hydrogens (tertiary/aromatic N) is 2. The van der Waals surface area contributed by atoms with Gasteiger partial charge in [0.05, 0.1) is 6.10 Å². The van der Waals surface area contributed by atoms with Gasteiger partial charge < -0.3 is 9.67 Å². The summed E-state index contributed by atoms with van der Waals surface area (Å²) in [6.07, 6.45) is -0.00129. The van der Waals surface area contributed by atoms with Crippen LogP contribution in [0.25, 0.3) is 0 Å². The quantitative estimate of drug-likeness (QED) is 0.858. The molecule has 0 saturated heterocycles. The second kappa shape index (κ2) is 6.34. The predicted octanol–water partition coefficient (Wildman–Crippen LogP) is 1.41. The van der Waals surface area contributed by atoms with Crippen molar-refractivity contribution in [2.24, 2.45) is 7.05 Å². The van der Waals surface area contributed by atoms with Gasteiger partial charge in [0, 0.05) is 19.3 Å². The maximum atomic E-state index is 13.2. The molecule has 1 heterocycles. The summed E-state index contributed by atoms with van der Waals surface area (Å²) in [5, 5.41) is 9.95. The van der Waals surface area contributed by atoms with E-state index in [0.29, 0.717) is 5.82 Å². The van der Waals surface area contributed by atoms with Crippen molar-refractivity contribution in [1.82, 2.24) is 14.3 Å². The van der Waals surface area contributed by atoms with Crippen molar-refractivity contribution in [2.75, 3.05) is 0 Å². The van der Waals surface area contributed by atoms with Gasteiger partial charge in [-0.15, -0.1) is 0 Å². The van der Waals surface area contributed by atoms with E-state index >= 15 is 0 Å². The Balaban J connectivity index is 2.19. The summed E-state index contributed by atoms with van der Waals surface area (Å²) >= 11 is 0. The fraction of sp³-hybridized carbons (Fsp3) is 0.357. The van der Waals surface area contributed by atoms with Gasteiger partial charge in [0.25, 0.3) is 10.0 Å². The summed E-state index contributed by atoms with van der Waals surface area (Å²) in [5.41, 5.74) is 0.0660. The van der Waals surface area contributed by atoms with Crippen LogP contribution in [0.15, 0.2) is 29.4 Å². The Labute approximate surface area is 132 Å². The summed E-state index contributed by atoms with van der Waals surface area (Å²) in [5.74, 6) is -1.64. The lowest BCUT2D eigenvalue weighted by Gasteiger charge is -2.20. The number of sulfonamides is 1. The zero-order valence-electron chi connectivity index (χ0n) is 12.8. The molecule has 0 aliphatic carbocycles. The molecule has 2 rings (SSSR count). The van der Waals surface area contributed by atoms with E-state index in [-0.39, 0.29) is 10.6 Å². The van der Waals surface area contributed by atoms with Gasteiger partial charge in [-0.05, 0) is 31.5 Å². The smallest absolute Gasteiger partial charge is 0.259 e. The van der Waals surface area contributed by atoms with E-state index in [1.165, 1.54) is 19.2 Å². The normalized spacial score (nSPS) is 14.7. The summed E-state index contributed by atoms with van der Waals surface area (Å²) in [6.45, 7) is 3.07. The van der Waals surface area contributed by atoms with Gasteiger partial charge in [-0.3, -0.25) is 0 Å². The van der Waals surface area contributed by atoms with Crippen LogP contribution in [0.3, 0.4) is 0 Å². The minimum absolute atomic E-state index is 0.0660. The fourth-order valence-electron chi connectivity index (χ4n) is 2.01. The van der Waals surface area contributed by atoms with Crippen LogP contribution in [0, 0.1) is 18.6 Å². The van der Waals surface area contributed by atoms with E-state index in [0.717, 1.165) is 12.1 Å². The fourth-order valence-corrected chi connectivity index (χ4v) is 3.30. The lowest BCUT2D eigenvalue weighted by atomic mass is 10.0. The number of halogens is 2. The van der Waals surface area contributed by atoms with Crippen LogP contribution in [0.2, 0.25) is 0 Å². The minimum atomic E-state index is -3.94. The van der Waals surface area contributed by atoms with Crippen molar-refractivity contribution in [1.29, 1.82) is 0 Å². The van der Waals surface area contributed by atoms with Crippen LogP contribution in [0.5, 0.6) is 0 Å². The number of nitrogens with one attached hydrogen (secondary N) is 1. The van der Waals surface area contributed by atoms with E-state index in [2.05, 4.69) is 9.71 Å². The molecule has 2 atom stereocenters. The number of rotatable bonds is 5. The Bertz CT molecular complexity index is 801. The van der Waals surface area contributed by atoms with Gasteiger partial charge in [-0.25, -0.2) is 26.9 Å². The number of aryl methyl sites for hydroxylation is 2. The highest BCUT2D eigenvalue weighted by Gasteiger charge is 2.26. The highest BCUT2D eigenvalue weighted by atomic mass is 32.2. The predicted molar refractivity (Wildman–Crippen MR) is 79.0 cm³/mol. The molecule has 6 nitrogen and oxygen atoms in total. The van der Waals surface area contributed by atoms with Crippen molar-refractivity contribution in [3.8, 4) is 0 Å². The molecule has 2 unspecified atom stereocenters. The van der Waals surface area contributed by atoms with Crippen LogP contribution in [0.1, 0.15) is 24.4 Å². The molecule has 0 amide bonds. The molecule has 0 spiro atoms. The third-order valence-electron chi connectivity index (χ3n) is 3.46. The van der Waals surface area contributed by atoms with Crippen LogP contribution in [-0.4, -0.2) is 29.1 Å². The van der Waals surface area contributed by atoms with Crippen molar-refractivity contribution >= 4 is 10.0 Å². The number of aromatic nitrogens is 2. The van der Waals surface area contributed by atoms with Crippen molar-refractivity contribution in [3.05, 3.63) is 47.4 Å². The molecule has 9 heteroatoms. The maximum Gasteiger partial charge on any atom is 0.259 e. The third-order valence-corrected chi connectivity index (χ3v) is 4.89. The Hall–Kier alpha value is -1.84. The van der Waals surface area contributed by atoms with Crippen LogP contribution in [-0.2, 0) is 17.1 Å². The van der Waals surface area contributed by atoms with Gasteiger partial charge in [0.2, 0.25) is 0 Å². The van der Waals surface area contributed by atoms with Crippen LogP contribution in [0.4, 0.5) is 8.78 Å². The molecular formula is C14H17F2N3O3S. The number of aliphatic hydroxyl groups excluding tert-OH is 1. The first-order valence-electron chi connectivity index (χ1n) is 6.77. The average molecular weight is 345 g/mol. The molecule has 23 heavy (non-hydrogen) atoms. The highest BCUT2D eigenvalue weighted by molar-refractivity contribution is 7.89. The number of hydrogen-bond donors (Lipinski definition) is 2. The van der Waals surface area contributed by atoms with Gasteiger partial charge in [-0.1, -0.05) is 6.07 Å². The molecule has 0 aliphatic heterocycles. The molecular weight excluding hydrogens is 328 g/mol. The standard InChI is InChI=1S/C14H17F2N3O3S/c1-8(14(20)10-4-5-11(15)12(16)6-10)18-23(21,22)13-7-19(3)9(2)17-13/h4-8,14,18,20H,1-3H3. The Kier molecular flexibility index (Phi) is 4.83. The first kappa shape index (κ1) is 17.5. The SMILES string of the molecule is Cc1nc(S(=O)(=O)NC(C)C(O)c2ccc(F)c(F)c2)cn1C. The zero-order valence-corrected chi connectivity index (χ0v) is 13.6. The maximum absolute atomic E-state index is 13.2. The van der Waals surface area contributed by atoms with E-state index < -0.39 is 33.8 Å². The second-order valence-electron chi connectivity index (χ2n) is 5.27. The molecule has 126 valence electrons. The molecule has 1 aromatic carbocycles. The first-order chi connectivity index (χ1) is 10.6. The summed E-state index contributed by atoms with van der Waals surface area (Å²) in [7, 11) is -2.29. The van der Waals surface area contributed by atoms with Gasteiger partial charge >= 0.3 is 0 Å². The second-order valence-corrected chi connectivity index (χ2v) is 6.93. The van der Waals surface area contributed by atoms with E-state index in [9.17, 15) is 22.3 Å². The summed E-state index contributed by atoms with van der Waals surface area (Å²) in [4.78, 5) is 3.91. The molecule has 0 radical (unpaired) electrons. The average Bonchev–Trinajstić information content (AvgIpc) is 2.81. The molecule has 2 N–H and O–H groups in total. The lowest BCUT2D eigenvalue weighted by Crippen LogP contribution is -2.37. The van der Waals surface area contributed by atoms with Gasteiger partial charge in [-0.2, -0.15) is 0 Å². The van der Waals surface area contributed by atoms with Crippen LogP contribution < -0.4 is 4.72 Å². The molecule has 0 aliphatic rings. The van der Waals surface area contributed by atoms with Gasteiger partial charge in [0.1, 0.15) is 5.82 Å². The molecule has 2 aromatic rings. The molecule has 0 saturated carbocycles. The Morgan fingerprint density at radius 2 is 1.96 bits per heavy atom.